The van der Waals surface area contributed by atoms with Crippen molar-refractivity contribution < 1.29 is 0 Å². The van der Waals surface area contributed by atoms with Crippen LogP contribution in [0.2, 0.25) is 0 Å². The Morgan fingerprint density at radius 3 is 2.79 bits per heavy atom. The molecule has 0 aromatic heterocycles. The van der Waals surface area contributed by atoms with Crippen molar-refractivity contribution in [2.24, 2.45) is 0 Å². The Bertz CT molecular complexity index is 691. The monoisotopic (exact) mass is 342 g/mol. The number of nitrogens with one attached hydrogen (secondary N) is 2. The molecule has 3 unspecified atom stereocenters. The minimum atomic E-state index is -0.0338. The van der Waals surface area contributed by atoms with Gasteiger partial charge in [0.05, 0.1) is 16.6 Å². The lowest BCUT2D eigenvalue weighted by Crippen LogP contribution is -2.58. The summed E-state index contributed by atoms with van der Waals surface area (Å²) >= 11 is 1.61. The minimum Gasteiger partial charge on any atom is -0.310 e. The van der Waals surface area contributed by atoms with Crippen molar-refractivity contribution in [1.29, 1.82) is 5.26 Å². The predicted octanol–water partition coefficient (Wildman–Crippen LogP) is 3.75. The van der Waals surface area contributed by atoms with E-state index in [9.17, 15) is 5.26 Å². The second-order valence-electron chi connectivity index (χ2n) is 6.74. The van der Waals surface area contributed by atoms with Crippen LogP contribution in [-0.2, 0) is 0 Å². The van der Waals surface area contributed by atoms with Crippen molar-refractivity contribution in [3.05, 3.63) is 45.5 Å². The number of thioether (sulfide) groups is 1. The molecule has 0 radical (unpaired) electrons. The van der Waals surface area contributed by atoms with Gasteiger partial charge in [-0.05, 0) is 44.1 Å². The van der Waals surface area contributed by atoms with Crippen LogP contribution in [-0.4, -0.2) is 23.5 Å². The maximum absolute atomic E-state index is 9.64. The largest absolute Gasteiger partial charge is 0.310 e. The van der Waals surface area contributed by atoms with E-state index >= 15 is 0 Å². The fourth-order valence-electron chi connectivity index (χ4n) is 3.89. The van der Waals surface area contributed by atoms with Crippen molar-refractivity contribution in [2.45, 2.75) is 58.3 Å². The molecule has 0 amide bonds. The summed E-state index contributed by atoms with van der Waals surface area (Å²) in [5.41, 5.74) is 8.29. The van der Waals surface area contributed by atoms with Crippen LogP contribution in [0.3, 0.4) is 0 Å². The highest BCUT2D eigenvalue weighted by molar-refractivity contribution is 8.02. The van der Waals surface area contributed by atoms with Gasteiger partial charge < -0.3 is 5.43 Å². The first-order valence-corrected chi connectivity index (χ1v) is 9.88. The zero-order chi connectivity index (χ0) is 17.3. The van der Waals surface area contributed by atoms with Crippen LogP contribution < -0.4 is 10.7 Å². The summed E-state index contributed by atoms with van der Waals surface area (Å²) in [6, 6.07) is 9.84. The maximum Gasteiger partial charge on any atom is 0.117 e. The van der Waals surface area contributed by atoms with E-state index in [1.807, 2.05) is 6.26 Å². The van der Waals surface area contributed by atoms with Gasteiger partial charge in [0.15, 0.2) is 0 Å². The molecule has 0 saturated carbocycles. The van der Waals surface area contributed by atoms with Gasteiger partial charge in [-0.2, -0.15) is 10.3 Å². The lowest BCUT2D eigenvalue weighted by atomic mass is 9.89. The lowest BCUT2D eigenvalue weighted by molar-refractivity contribution is 0.0452. The number of hydrazine groups is 1. The summed E-state index contributed by atoms with van der Waals surface area (Å²) in [5.74, 6) is 0. The molecular formula is C19H26N4S. The van der Waals surface area contributed by atoms with Gasteiger partial charge in [-0.3, -0.25) is 5.32 Å². The molecule has 1 saturated heterocycles. The van der Waals surface area contributed by atoms with Gasteiger partial charge in [0.1, 0.15) is 12.2 Å². The third-order valence-corrected chi connectivity index (χ3v) is 5.73. The fourth-order valence-corrected chi connectivity index (χ4v) is 4.47. The number of hydrogen-bond donors (Lipinski definition) is 2. The van der Waals surface area contributed by atoms with Crippen LogP contribution in [0.15, 0.2) is 28.8 Å². The number of fused-ring (bicyclic) bond motifs is 1. The molecule has 0 aliphatic carbocycles. The third-order valence-electron chi connectivity index (χ3n) is 5.01. The van der Waals surface area contributed by atoms with E-state index in [-0.39, 0.29) is 12.2 Å². The zero-order valence-corrected chi connectivity index (χ0v) is 15.7. The molecule has 3 rings (SSSR count). The molecule has 0 bridgehead atoms. The molecule has 5 heteroatoms. The highest BCUT2D eigenvalue weighted by Crippen LogP contribution is 2.39. The summed E-state index contributed by atoms with van der Waals surface area (Å²) in [6.45, 7) is 6.55. The predicted molar refractivity (Wildman–Crippen MR) is 100 cm³/mol. The molecule has 2 N–H and O–H groups in total. The van der Waals surface area contributed by atoms with Gasteiger partial charge in [0.25, 0.3) is 0 Å². The van der Waals surface area contributed by atoms with Crippen LogP contribution in [0, 0.1) is 25.2 Å². The second kappa shape index (κ2) is 7.18. The van der Waals surface area contributed by atoms with Gasteiger partial charge in [-0.25, -0.2) is 0 Å². The van der Waals surface area contributed by atoms with Crippen molar-refractivity contribution in [3.63, 3.8) is 0 Å². The van der Waals surface area contributed by atoms with Gasteiger partial charge in [0, 0.05) is 6.04 Å². The van der Waals surface area contributed by atoms with Gasteiger partial charge >= 0.3 is 0 Å². The van der Waals surface area contributed by atoms with Crippen molar-refractivity contribution in [1.82, 2.24) is 15.8 Å². The molecule has 1 fully saturated rings. The van der Waals surface area contributed by atoms with E-state index in [0.29, 0.717) is 6.04 Å². The Morgan fingerprint density at radius 2 is 2.17 bits per heavy atom. The Balaban J connectivity index is 1.98. The standard InChI is InChI=1S/C19H26N4S/c1-5-6-14-10-17(15-8-7-12(2)9-13(15)3)23-18(21-14)16(11-20)19(22-23)24-4/h7-9,14,17-18,21-22H,5-6,10H2,1-4H3. The Morgan fingerprint density at radius 1 is 1.38 bits per heavy atom. The van der Waals surface area contributed by atoms with E-state index in [1.54, 1.807) is 11.8 Å². The summed E-state index contributed by atoms with van der Waals surface area (Å²) < 4.78 is 0. The molecule has 2 heterocycles. The highest BCUT2D eigenvalue weighted by Gasteiger charge is 2.43. The first-order valence-electron chi connectivity index (χ1n) is 8.65. The molecule has 1 aromatic rings. The smallest absolute Gasteiger partial charge is 0.117 e. The third kappa shape index (κ3) is 3.06. The molecule has 2 aliphatic rings. The SMILES string of the molecule is CCCC1CC(c2ccc(C)cc2C)N2NC(SC)=C(C#N)C2N1. The van der Waals surface area contributed by atoms with E-state index in [2.05, 4.69) is 60.8 Å². The average molecular weight is 343 g/mol. The van der Waals surface area contributed by atoms with E-state index in [4.69, 9.17) is 0 Å². The lowest BCUT2D eigenvalue weighted by Gasteiger charge is -2.43. The molecule has 0 spiro atoms. The highest BCUT2D eigenvalue weighted by atomic mass is 32.2. The maximum atomic E-state index is 9.64. The van der Waals surface area contributed by atoms with Gasteiger partial charge in [-0.1, -0.05) is 37.1 Å². The number of nitrogens with zero attached hydrogens (tertiary/aromatic N) is 2. The Kier molecular flexibility index (Phi) is 5.19. The summed E-state index contributed by atoms with van der Waals surface area (Å²) in [5, 5.41) is 16.5. The summed E-state index contributed by atoms with van der Waals surface area (Å²) in [4.78, 5) is 0. The molecule has 24 heavy (non-hydrogen) atoms. The van der Waals surface area contributed by atoms with E-state index in [0.717, 1.165) is 29.9 Å². The van der Waals surface area contributed by atoms with Crippen LogP contribution in [0.1, 0.15) is 48.9 Å². The fraction of sp³-hybridized carbons (Fsp3) is 0.526. The minimum absolute atomic E-state index is 0.0338. The van der Waals surface area contributed by atoms with Crippen LogP contribution in [0.5, 0.6) is 0 Å². The second-order valence-corrected chi connectivity index (χ2v) is 7.56. The molecule has 1 aromatic carbocycles. The first kappa shape index (κ1) is 17.3. The normalized spacial score (nSPS) is 26.9. The molecule has 2 aliphatic heterocycles. The Hall–Kier alpha value is -1.48. The van der Waals surface area contributed by atoms with E-state index in [1.165, 1.54) is 16.7 Å². The summed E-state index contributed by atoms with van der Waals surface area (Å²) in [7, 11) is 0. The van der Waals surface area contributed by atoms with Crippen molar-refractivity contribution >= 4 is 11.8 Å². The van der Waals surface area contributed by atoms with Crippen molar-refractivity contribution in [3.8, 4) is 6.07 Å². The number of aryl methyl sites for hydroxylation is 2. The number of hydrogen-bond acceptors (Lipinski definition) is 5. The molecular weight excluding hydrogens is 316 g/mol. The summed E-state index contributed by atoms with van der Waals surface area (Å²) in [6.07, 6.45) is 5.33. The zero-order valence-electron chi connectivity index (χ0n) is 14.9. The Labute approximate surface area is 149 Å². The van der Waals surface area contributed by atoms with Gasteiger partial charge in [-0.15, -0.1) is 11.8 Å². The number of nitriles is 1. The average Bonchev–Trinajstić information content (AvgIpc) is 2.92. The van der Waals surface area contributed by atoms with Crippen molar-refractivity contribution in [2.75, 3.05) is 6.26 Å². The van der Waals surface area contributed by atoms with E-state index < -0.39 is 0 Å². The molecule has 4 nitrogen and oxygen atoms in total. The number of rotatable bonds is 4. The quantitative estimate of drug-likeness (QED) is 0.873. The molecule has 128 valence electrons. The topological polar surface area (TPSA) is 51.1 Å². The van der Waals surface area contributed by atoms with Crippen LogP contribution in [0.25, 0.3) is 0 Å². The van der Waals surface area contributed by atoms with Gasteiger partial charge in [0.2, 0.25) is 0 Å². The molecule has 3 atom stereocenters. The first-order chi connectivity index (χ1) is 11.6. The van der Waals surface area contributed by atoms with Crippen LogP contribution >= 0.6 is 11.8 Å². The number of benzene rings is 1. The van der Waals surface area contributed by atoms with Crippen LogP contribution in [0.4, 0.5) is 0 Å².